The van der Waals surface area contributed by atoms with Crippen molar-refractivity contribution in [3.8, 4) is 5.75 Å². The van der Waals surface area contributed by atoms with E-state index in [2.05, 4.69) is 11.4 Å². The number of hydrogen-bond acceptors (Lipinski definition) is 2. The minimum absolute atomic E-state index is 0.108. The largest absolute Gasteiger partial charge is 0.494 e. The number of halogens is 1. The Morgan fingerprint density at radius 2 is 2.31 bits per heavy atom. The molecule has 1 aromatic rings. The maximum absolute atomic E-state index is 12.8. The second kappa shape index (κ2) is 5.30. The van der Waals surface area contributed by atoms with Gasteiger partial charge in [-0.2, -0.15) is 0 Å². The number of rotatable bonds is 4. The Labute approximate surface area is 95.8 Å². The van der Waals surface area contributed by atoms with Crippen LogP contribution in [0.15, 0.2) is 24.3 Å². The maximum atomic E-state index is 12.8. The molecule has 1 aliphatic rings. The van der Waals surface area contributed by atoms with Gasteiger partial charge in [-0.25, -0.2) is 0 Å². The first-order valence-corrected chi connectivity index (χ1v) is 5.84. The molecule has 2 nitrogen and oxygen atoms in total. The molecule has 2 atom stereocenters. The quantitative estimate of drug-likeness (QED) is 0.846. The molecule has 0 radical (unpaired) electrons. The highest BCUT2D eigenvalue weighted by Gasteiger charge is 2.28. The van der Waals surface area contributed by atoms with Gasteiger partial charge in [0.2, 0.25) is 0 Å². The van der Waals surface area contributed by atoms with Gasteiger partial charge in [-0.15, -0.1) is 0 Å². The number of nitrogens with one attached hydrogen (secondary N) is 1. The van der Waals surface area contributed by atoms with Crippen LogP contribution in [0.2, 0.25) is 0 Å². The molecule has 0 amide bonds. The van der Waals surface area contributed by atoms with Crippen molar-refractivity contribution in [2.75, 3.05) is 26.4 Å². The Kier molecular flexibility index (Phi) is 3.78. The summed E-state index contributed by atoms with van der Waals surface area (Å²) in [5.41, 5.74) is 1.18. The molecule has 2 rings (SSSR count). The summed E-state index contributed by atoms with van der Waals surface area (Å²) in [6.45, 7) is 4.02. The van der Waals surface area contributed by atoms with E-state index in [1.165, 1.54) is 5.56 Å². The van der Waals surface area contributed by atoms with Crippen LogP contribution in [0.4, 0.5) is 4.39 Å². The molecule has 16 heavy (non-hydrogen) atoms. The predicted molar refractivity (Wildman–Crippen MR) is 62.7 cm³/mol. The van der Waals surface area contributed by atoms with Gasteiger partial charge in [0.1, 0.15) is 5.75 Å². The molecule has 0 aliphatic carbocycles. The van der Waals surface area contributed by atoms with Gasteiger partial charge in [-0.05, 0) is 24.6 Å². The Morgan fingerprint density at radius 1 is 1.44 bits per heavy atom. The van der Waals surface area contributed by atoms with Crippen LogP contribution >= 0.6 is 0 Å². The Morgan fingerprint density at radius 3 is 3.06 bits per heavy atom. The highest BCUT2D eigenvalue weighted by Crippen LogP contribution is 2.30. The Bertz CT molecular complexity index is 342. The molecule has 1 aromatic carbocycles. The molecule has 88 valence electrons. The molecule has 1 saturated heterocycles. The van der Waals surface area contributed by atoms with Gasteiger partial charge in [-0.3, -0.25) is 4.39 Å². The minimum atomic E-state index is -0.253. The van der Waals surface area contributed by atoms with E-state index in [1.807, 2.05) is 25.1 Å². The zero-order chi connectivity index (χ0) is 11.4. The summed E-state index contributed by atoms with van der Waals surface area (Å²) in [5.74, 6) is 1.27. The standard InChI is InChI=1S/C13H18FNO/c1-2-16-12-5-3-4-10(6-12)13-9-15-8-11(13)7-14/h3-6,11,13,15H,2,7-9H2,1H3/t11-,13-/m1/s1. The van der Waals surface area contributed by atoms with E-state index in [0.717, 1.165) is 18.8 Å². The van der Waals surface area contributed by atoms with E-state index < -0.39 is 0 Å². The molecule has 0 saturated carbocycles. The van der Waals surface area contributed by atoms with Gasteiger partial charge in [0.05, 0.1) is 13.3 Å². The van der Waals surface area contributed by atoms with Gasteiger partial charge in [-0.1, -0.05) is 12.1 Å². The molecule has 0 bridgehead atoms. The van der Waals surface area contributed by atoms with E-state index in [9.17, 15) is 4.39 Å². The molecule has 3 heteroatoms. The maximum Gasteiger partial charge on any atom is 0.119 e. The number of alkyl halides is 1. The first-order chi connectivity index (χ1) is 7.85. The Balaban J connectivity index is 2.16. The first kappa shape index (κ1) is 11.4. The highest BCUT2D eigenvalue weighted by atomic mass is 19.1. The van der Waals surface area contributed by atoms with Crippen molar-refractivity contribution in [3.63, 3.8) is 0 Å². The van der Waals surface area contributed by atoms with Crippen molar-refractivity contribution in [1.29, 1.82) is 0 Å². The van der Waals surface area contributed by atoms with Crippen LogP contribution in [0.3, 0.4) is 0 Å². The fourth-order valence-corrected chi connectivity index (χ4v) is 2.29. The third-order valence-electron chi connectivity index (χ3n) is 3.14. The Hall–Kier alpha value is -1.09. The fraction of sp³-hybridized carbons (Fsp3) is 0.538. The van der Waals surface area contributed by atoms with E-state index in [4.69, 9.17) is 4.74 Å². The molecule has 1 N–H and O–H groups in total. The summed E-state index contributed by atoms with van der Waals surface area (Å²) in [7, 11) is 0. The molecular weight excluding hydrogens is 205 g/mol. The van der Waals surface area contributed by atoms with Crippen molar-refractivity contribution in [2.45, 2.75) is 12.8 Å². The van der Waals surface area contributed by atoms with Gasteiger partial charge in [0.25, 0.3) is 0 Å². The molecule has 1 aliphatic heterocycles. The van der Waals surface area contributed by atoms with Crippen LogP contribution < -0.4 is 10.1 Å². The predicted octanol–water partition coefficient (Wildman–Crippen LogP) is 2.36. The van der Waals surface area contributed by atoms with E-state index >= 15 is 0 Å². The zero-order valence-corrected chi connectivity index (χ0v) is 9.58. The molecule has 1 fully saturated rings. The third-order valence-corrected chi connectivity index (χ3v) is 3.14. The molecule has 0 spiro atoms. The third kappa shape index (κ3) is 2.35. The van der Waals surface area contributed by atoms with Gasteiger partial charge < -0.3 is 10.1 Å². The summed E-state index contributed by atoms with van der Waals surface area (Å²) in [6, 6.07) is 8.01. The molecule has 0 aromatic heterocycles. The normalized spacial score (nSPS) is 24.6. The van der Waals surface area contributed by atoms with Crippen molar-refractivity contribution in [1.82, 2.24) is 5.32 Å². The number of benzene rings is 1. The summed E-state index contributed by atoms with van der Waals surface area (Å²) in [6.07, 6.45) is 0. The lowest BCUT2D eigenvalue weighted by atomic mass is 9.90. The van der Waals surface area contributed by atoms with Gasteiger partial charge in [0.15, 0.2) is 0 Å². The first-order valence-electron chi connectivity index (χ1n) is 5.84. The lowest BCUT2D eigenvalue weighted by Gasteiger charge is -2.16. The monoisotopic (exact) mass is 223 g/mol. The fourth-order valence-electron chi connectivity index (χ4n) is 2.29. The van der Waals surface area contributed by atoms with Crippen LogP contribution in [-0.4, -0.2) is 26.4 Å². The van der Waals surface area contributed by atoms with Crippen LogP contribution in [0, 0.1) is 5.92 Å². The topological polar surface area (TPSA) is 21.3 Å². The molecule has 0 unspecified atom stereocenters. The summed E-state index contributed by atoms with van der Waals surface area (Å²) in [5, 5.41) is 3.24. The van der Waals surface area contributed by atoms with Crippen molar-refractivity contribution in [2.24, 2.45) is 5.92 Å². The summed E-state index contributed by atoms with van der Waals surface area (Å²) < 4.78 is 18.3. The summed E-state index contributed by atoms with van der Waals surface area (Å²) in [4.78, 5) is 0. The van der Waals surface area contributed by atoms with Crippen LogP contribution in [0.1, 0.15) is 18.4 Å². The highest BCUT2D eigenvalue weighted by molar-refractivity contribution is 5.32. The smallest absolute Gasteiger partial charge is 0.119 e. The number of hydrogen-bond donors (Lipinski definition) is 1. The van der Waals surface area contributed by atoms with Gasteiger partial charge >= 0.3 is 0 Å². The van der Waals surface area contributed by atoms with Crippen molar-refractivity contribution in [3.05, 3.63) is 29.8 Å². The molecular formula is C13H18FNO. The van der Waals surface area contributed by atoms with E-state index in [-0.39, 0.29) is 18.5 Å². The van der Waals surface area contributed by atoms with E-state index in [1.54, 1.807) is 0 Å². The average Bonchev–Trinajstić information content (AvgIpc) is 2.78. The van der Waals surface area contributed by atoms with Gasteiger partial charge in [0, 0.05) is 24.9 Å². The minimum Gasteiger partial charge on any atom is -0.494 e. The van der Waals surface area contributed by atoms with Crippen LogP contribution in [-0.2, 0) is 0 Å². The van der Waals surface area contributed by atoms with Crippen LogP contribution in [0.25, 0.3) is 0 Å². The van der Waals surface area contributed by atoms with Crippen LogP contribution in [0.5, 0.6) is 5.75 Å². The lowest BCUT2D eigenvalue weighted by Crippen LogP contribution is -2.12. The molecule has 1 heterocycles. The number of ether oxygens (including phenoxy) is 1. The second-order valence-electron chi connectivity index (χ2n) is 4.18. The van der Waals surface area contributed by atoms with Crippen molar-refractivity contribution < 1.29 is 9.13 Å². The van der Waals surface area contributed by atoms with E-state index in [0.29, 0.717) is 6.61 Å². The average molecular weight is 223 g/mol. The zero-order valence-electron chi connectivity index (χ0n) is 9.58. The summed E-state index contributed by atoms with van der Waals surface area (Å²) >= 11 is 0. The second-order valence-corrected chi connectivity index (χ2v) is 4.18. The van der Waals surface area contributed by atoms with Crippen molar-refractivity contribution >= 4 is 0 Å². The lowest BCUT2D eigenvalue weighted by molar-refractivity contribution is 0.337. The SMILES string of the molecule is CCOc1cccc([C@H]2CNC[C@H]2CF)c1.